The molecule has 0 fully saturated rings. The van der Waals surface area contributed by atoms with Gasteiger partial charge in [-0.25, -0.2) is 9.97 Å². The molecule has 0 aliphatic carbocycles. The third-order valence-electron chi connectivity index (χ3n) is 3.47. The summed E-state index contributed by atoms with van der Waals surface area (Å²) in [6.07, 6.45) is 2.08. The highest BCUT2D eigenvalue weighted by Crippen LogP contribution is 2.29. The van der Waals surface area contributed by atoms with Crippen LogP contribution in [0.5, 0.6) is 0 Å². The van der Waals surface area contributed by atoms with E-state index in [1.807, 2.05) is 13.0 Å². The molecule has 0 aliphatic rings. The van der Waals surface area contributed by atoms with Crippen molar-refractivity contribution in [3.63, 3.8) is 0 Å². The number of halogens is 1. The number of rotatable bonds is 2. The molecule has 0 atom stereocenters. The third-order valence-corrected chi connectivity index (χ3v) is 4.07. The first kappa shape index (κ1) is 13.3. The quantitative estimate of drug-likeness (QED) is 0.693. The third kappa shape index (κ3) is 2.14. The zero-order valence-electron chi connectivity index (χ0n) is 11.8. The molecule has 4 heteroatoms. The molecule has 3 rings (SSSR count). The first-order valence-electron chi connectivity index (χ1n) is 6.70. The van der Waals surface area contributed by atoms with Crippen LogP contribution in [-0.2, 0) is 6.54 Å². The molecule has 3 aromatic rings. The Morgan fingerprint density at radius 2 is 2.00 bits per heavy atom. The predicted octanol–water partition coefficient (Wildman–Crippen LogP) is 4.50. The van der Waals surface area contributed by atoms with Gasteiger partial charge in [0.05, 0.1) is 11.1 Å². The van der Waals surface area contributed by atoms with Gasteiger partial charge >= 0.3 is 0 Å². The topological polar surface area (TPSA) is 30.7 Å². The highest BCUT2D eigenvalue weighted by molar-refractivity contribution is 9.10. The van der Waals surface area contributed by atoms with Crippen molar-refractivity contribution in [2.45, 2.75) is 27.3 Å². The molecule has 2 aromatic heterocycles. The average molecular weight is 330 g/mol. The van der Waals surface area contributed by atoms with Crippen LogP contribution >= 0.6 is 15.9 Å². The molecule has 0 bridgehead atoms. The van der Waals surface area contributed by atoms with Gasteiger partial charge in [0.2, 0.25) is 0 Å². The minimum Gasteiger partial charge on any atom is -0.331 e. The Morgan fingerprint density at radius 1 is 1.20 bits per heavy atom. The molecule has 20 heavy (non-hydrogen) atoms. The summed E-state index contributed by atoms with van der Waals surface area (Å²) >= 11 is 3.60. The lowest BCUT2D eigenvalue weighted by molar-refractivity contribution is 0.785. The number of nitrogens with zero attached hydrogens (tertiary/aromatic N) is 3. The van der Waals surface area contributed by atoms with E-state index in [2.05, 4.69) is 63.7 Å². The number of fused-ring (bicyclic) bond motifs is 1. The molecule has 0 unspecified atom stereocenters. The molecule has 102 valence electrons. The normalized spacial score (nSPS) is 11.2. The zero-order chi connectivity index (χ0) is 14.3. The summed E-state index contributed by atoms with van der Waals surface area (Å²) in [5, 5.41) is 1.10. The van der Waals surface area contributed by atoms with Crippen LogP contribution in [0.3, 0.4) is 0 Å². The van der Waals surface area contributed by atoms with Crippen molar-refractivity contribution >= 4 is 27.0 Å². The van der Waals surface area contributed by atoms with Crippen LogP contribution in [0.15, 0.2) is 34.9 Å². The van der Waals surface area contributed by atoms with Crippen LogP contribution in [0.1, 0.15) is 18.2 Å². The summed E-state index contributed by atoms with van der Waals surface area (Å²) < 4.78 is 3.20. The van der Waals surface area contributed by atoms with Gasteiger partial charge in [-0.2, -0.15) is 0 Å². The second kappa shape index (κ2) is 5.02. The van der Waals surface area contributed by atoms with E-state index in [1.165, 1.54) is 5.56 Å². The van der Waals surface area contributed by atoms with Gasteiger partial charge in [-0.05, 0) is 42.8 Å². The van der Waals surface area contributed by atoms with Crippen LogP contribution in [0.2, 0.25) is 0 Å². The average Bonchev–Trinajstić information content (AvgIpc) is 2.75. The van der Waals surface area contributed by atoms with Gasteiger partial charge in [-0.15, -0.1) is 0 Å². The smallest absolute Gasteiger partial charge is 0.161 e. The van der Waals surface area contributed by atoms with E-state index in [9.17, 15) is 0 Å². The van der Waals surface area contributed by atoms with Crippen molar-refractivity contribution in [3.05, 3.63) is 46.2 Å². The molecule has 0 spiro atoms. The van der Waals surface area contributed by atoms with Crippen molar-refractivity contribution in [2.24, 2.45) is 0 Å². The largest absolute Gasteiger partial charge is 0.331 e. The van der Waals surface area contributed by atoms with Crippen molar-refractivity contribution in [2.75, 3.05) is 0 Å². The summed E-state index contributed by atoms with van der Waals surface area (Å²) in [6.45, 7) is 7.13. The van der Waals surface area contributed by atoms with Crippen LogP contribution < -0.4 is 0 Å². The van der Waals surface area contributed by atoms with Gasteiger partial charge in [-0.1, -0.05) is 23.8 Å². The lowest BCUT2D eigenvalue weighted by Gasteiger charge is -2.06. The molecular weight excluding hydrogens is 314 g/mol. The maximum absolute atomic E-state index is 4.76. The number of aryl methyl sites for hydroxylation is 3. The SMILES string of the molecule is CCn1cc(Br)c2c(C)nc(-c3cccc(C)c3)nc21. The van der Waals surface area contributed by atoms with Crippen LogP contribution in [0.25, 0.3) is 22.4 Å². The van der Waals surface area contributed by atoms with Gasteiger partial charge < -0.3 is 4.57 Å². The monoisotopic (exact) mass is 329 g/mol. The first-order valence-corrected chi connectivity index (χ1v) is 7.49. The van der Waals surface area contributed by atoms with Gasteiger partial charge in [0.25, 0.3) is 0 Å². The Balaban J connectivity index is 2.28. The highest BCUT2D eigenvalue weighted by atomic mass is 79.9. The zero-order valence-corrected chi connectivity index (χ0v) is 13.4. The van der Waals surface area contributed by atoms with Crippen LogP contribution in [0.4, 0.5) is 0 Å². The fourth-order valence-electron chi connectivity index (χ4n) is 2.46. The van der Waals surface area contributed by atoms with E-state index in [1.54, 1.807) is 0 Å². The van der Waals surface area contributed by atoms with E-state index in [4.69, 9.17) is 4.98 Å². The fraction of sp³-hybridized carbons (Fsp3) is 0.250. The van der Waals surface area contributed by atoms with Crippen LogP contribution in [-0.4, -0.2) is 14.5 Å². The molecule has 0 saturated heterocycles. The molecule has 2 heterocycles. The maximum atomic E-state index is 4.76. The summed E-state index contributed by atoms with van der Waals surface area (Å²) in [5.74, 6) is 0.791. The number of benzene rings is 1. The molecular formula is C16H16BrN3. The Labute approximate surface area is 126 Å². The van der Waals surface area contributed by atoms with E-state index in [-0.39, 0.29) is 0 Å². The van der Waals surface area contributed by atoms with Crippen molar-refractivity contribution in [1.82, 2.24) is 14.5 Å². The van der Waals surface area contributed by atoms with Gasteiger partial charge in [0.1, 0.15) is 5.65 Å². The van der Waals surface area contributed by atoms with E-state index >= 15 is 0 Å². The van der Waals surface area contributed by atoms with E-state index < -0.39 is 0 Å². The van der Waals surface area contributed by atoms with Crippen LogP contribution in [0, 0.1) is 13.8 Å². The Hall–Kier alpha value is -1.68. The Morgan fingerprint density at radius 3 is 2.70 bits per heavy atom. The van der Waals surface area contributed by atoms with Crippen molar-refractivity contribution < 1.29 is 0 Å². The van der Waals surface area contributed by atoms with Gasteiger partial charge in [-0.3, -0.25) is 0 Å². The molecule has 1 aromatic carbocycles. The molecule has 0 aliphatic heterocycles. The molecule has 0 saturated carbocycles. The van der Waals surface area contributed by atoms with E-state index in [0.717, 1.165) is 39.1 Å². The Bertz CT molecular complexity index is 790. The standard InChI is InChI=1S/C16H16BrN3/c1-4-20-9-13(17)14-11(3)18-15(19-16(14)20)12-7-5-6-10(2)8-12/h5-9H,4H2,1-3H3. The predicted molar refractivity (Wildman–Crippen MR) is 85.8 cm³/mol. The lowest BCUT2D eigenvalue weighted by Crippen LogP contribution is -1.98. The van der Waals surface area contributed by atoms with Gasteiger partial charge in [0, 0.05) is 22.8 Å². The number of hydrogen-bond acceptors (Lipinski definition) is 2. The summed E-state index contributed by atoms with van der Waals surface area (Å²) in [7, 11) is 0. The second-order valence-electron chi connectivity index (χ2n) is 4.96. The fourth-order valence-corrected chi connectivity index (χ4v) is 3.17. The van der Waals surface area contributed by atoms with Crippen molar-refractivity contribution in [3.8, 4) is 11.4 Å². The minimum absolute atomic E-state index is 0.791. The second-order valence-corrected chi connectivity index (χ2v) is 5.82. The van der Waals surface area contributed by atoms with Crippen molar-refractivity contribution in [1.29, 1.82) is 0 Å². The first-order chi connectivity index (χ1) is 9.60. The summed E-state index contributed by atoms with van der Waals surface area (Å²) in [4.78, 5) is 9.43. The van der Waals surface area contributed by atoms with E-state index in [0.29, 0.717) is 0 Å². The molecule has 0 amide bonds. The van der Waals surface area contributed by atoms with Gasteiger partial charge in [0.15, 0.2) is 5.82 Å². The molecule has 0 N–H and O–H groups in total. The summed E-state index contributed by atoms with van der Waals surface area (Å²) in [5.41, 5.74) is 4.28. The minimum atomic E-state index is 0.791. The Kier molecular flexibility index (Phi) is 3.34. The highest BCUT2D eigenvalue weighted by Gasteiger charge is 2.13. The number of aromatic nitrogens is 3. The maximum Gasteiger partial charge on any atom is 0.161 e. The molecule has 3 nitrogen and oxygen atoms in total. The molecule has 0 radical (unpaired) electrons. The number of hydrogen-bond donors (Lipinski definition) is 0. The lowest BCUT2D eigenvalue weighted by atomic mass is 10.1. The summed E-state index contributed by atoms with van der Waals surface area (Å²) in [6, 6.07) is 8.30.